The van der Waals surface area contributed by atoms with Gasteiger partial charge in [-0.2, -0.15) is 0 Å². The lowest BCUT2D eigenvalue weighted by molar-refractivity contribution is 0.347. The van der Waals surface area contributed by atoms with Gasteiger partial charge in [-0.1, -0.05) is 12.1 Å². The molecule has 16 heavy (non-hydrogen) atoms. The third kappa shape index (κ3) is 1.50. The highest BCUT2D eigenvalue weighted by Crippen LogP contribution is 2.36. The SMILES string of the molecule is Cc1ccc2cc(C3CCC3N)ccc2n1. The lowest BCUT2D eigenvalue weighted by atomic mass is 9.75. The summed E-state index contributed by atoms with van der Waals surface area (Å²) in [6, 6.07) is 11.1. The molecule has 2 unspecified atom stereocenters. The standard InChI is InChI=1S/C14H16N2/c1-9-2-3-11-8-10(4-7-14(11)16-9)12-5-6-13(12)15/h2-4,7-8,12-13H,5-6,15H2,1H3. The van der Waals surface area contributed by atoms with E-state index < -0.39 is 0 Å². The van der Waals surface area contributed by atoms with E-state index in [1.54, 1.807) is 0 Å². The van der Waals surface area contributed by atoms with Gasteiger partial charge in [-0.05, 0) is 49.4 Å². The van der Waals surface area contributed by atoms with Crippen molar-refractivity contribution in [3.05, 3.63) is 41.6 Å². The van der Waals surface area contributed by atoms with Crippen LogP contribution in [-0.2, 0) is 0 Å². The predicted molar refractivity (Wildman–Crippen MR) is 66.4 cm³/mol. The molecule has 2 nitrogen and oxygen atoms in total. The van der Waals surface area contributed by atoms with E-state index in [9.17, 15) is 0 Å². The van der Waals surface area contributed by atoms with Gasteiger partial charge in [0.2, 0.25) is 0 Å². The molecular weight excluding hydrogens is 196 g/mol. The first-order valence-corrected chi connectivity index (χ1v) is 5.87. The third-order valence-corrected chi connectivity index (χ3v) is 3.61. The van der Waals surface area contributed by atoms with Gasteiger partial charge >= 0.3 is 0 Å². The van der Waals surface area contributed by atoms with Crippen molar-refractivity contribution in [1.29, 1.82) is 0 Å². The molecule has 2 heteroatoms. The molecule has 1 saturated carbocycles. The fraction of sp³-hybridized carbons (Fsp3) is 0.357. The molecule has 0 saturated heterocycles. The summed E-state index contributed by atoms with van der Waals surface area (Å²) >= 11 is 0. The summed E-state index contributed by atoms with van der Waals surface area (Å²) in [7, 11) is 0. The van der Waals surface area contributed by atoms with E-state index >= 15 is 0 Å². The molecule has 1 aromatic heterocycles. The highest BCUT2D eigenvalue weighted by Gasteiger charge is 2.28. The highest BCUT2D eigenvalue weighted by molar-refractivity contribution is 5.79. The van der Waals surface area contributed by atoms with Crippen LogP contribution < -0.4 is 5.73 Å². The molecule has 0 radical (unpaired) electrons. The Morgan fingerprint density at radius 2 is 2.06 bits per heavy atom. The van der Waals surface area contributed by atoms with Crippen LogP contribution in [0.4, 0.5) is 0 Å². The van der Waals surface area contributed by atoms with Gasteiger partial charge in [-0.25, -0.2) is 0 Å². The predicted octanol–water partition coefficient (Wildman–Crippen LogP) is 2.75. The van der Waals surface area contributed by atoms with Crippen LogP contribution in [0, 0.1) is 6.92 Å². The van der Waals surface area contributed by atoms with Crippen molar-refractivity contribution in [2.75, 3.05) is 0 Å². The minimum Gasteiger partial charge on any atom is -0.327 e. The molecule has 2 aromatic rings. The van der Waals surface area contributed by atoms with Crippen LogP contribution in [0.1, 0.15) is 30.0 Å². The fourth-order valence-corrected chi connectivity index (χ4v) is 2.42. The largest absolute Gasteiger partial charge is 0.327 e. The molecule has 1 heterocycles. The number of nitrogens with zero attached hydrogens (tertiary/aromatic N) is 1. The Hall–Kier alpha value is -1.41. The number of aryl methyl sites for hydroxylation is 1. The van der Waals surface area contributed by atoms with E-state index in [4.69, 9.17) is 5.73 Å². The van der Waals surface area contributed by atoms with Gasteiger partial charge in [0.05, 0.1) is 5.52 Å². The molecule has 0 amide bonds. The molecular formula is C14H16N2. The van der Waals surface area contributed by atoms with Gasteiger partial charge in [0.15, 0.2) is 0 Å². The Kier molecular flexibility index (Phi) is 2.18. The first-order valence-electron chi connectivity index (χ1n) is 5.87. The van der Waals surface area contributed by atoms with Crippen LogP contribution in [0.25, 0.3) is 10.9 Å². The Morgan fingerprint density at radius 3 is 2.75 bits per heavy atom. The monoisotopic (exact) mass is 212 g/mol. The second-order valence-corrected chi connectivity index (χ2v) is 4.75. The first kappa shape index (κ1) is 9.79. The van der Waals surface area contributed by atoms with Crippen molar-refractivity contribution in [2.45, 2.75) is 31.7 Å². The third-order valence-electron chi connectivity index (χ3n) is 3.61. The number of fused-ring (bicyclic) bond motifs is 1. The zero-order valence-electron chi connectivity index (χ0n) is 9.48. The maximum absolute atomic E-state index is 6.01. The Morgan fingerprint density at radius 1 is 1.19 bits per heavy atom. The van der Waals surface area contributed by atoms with E-state index in [1.807, 2.05) is 6.92 Å². The molecule has 1 aromatic carbocycles. The Bertz CT molecular complexity index is 533. The van der Waals surface area contributed by atoms with Crippen molar-refractivity contribution in [3.8, 4) is 0 Å². The molecule has 0 spiro atoms. The van der Waals surface area contributed by atoms with Gasteiger partial charge in [-0.3, -0.25) is 4.98 Å². The molecule has 2 atom stereocenters. The highest BCUT2D eigenvalue weighted by atomic mass is 14.7. The average molecular weight is 212 g/mol. The Labute approximate surface area is 95.5 Å². The fourth-order valence-electron chi connectivity index (χ4n) is 2.42. The van der Waals surface area contributed by atoms with Gasteiger partial charge in [-0.15, -0.1) is 0 Å². The summed E-state index contributed by atoms with van der Waals surface area (Å²) in [4.78, 5) is 4.51. The first-order chi connectivity index (χ1) is 7.74. The molecule has 1 aliphatic rings. The van der Waals surface area contributed by atoms with E-state index in [-0.39, 0.29) is 0 Å². The van der Waals surface area contributed by atoms with Gasteiger partial charge in [0, 0.05) is 17.1 Å². The summed E-state index contributed by atoms with van der Waals surface area (Å²) < 4.78 is 0. The van der Waals surface area contributed by atoms with Crippen LogP contribution in [0.15, 0.2) is 30.3 Å². The molecule has 3 rings (SSSR count). The van der Waals surface area contributed by atoms with Gasteiger partial charge in [0.1, 0.15) is 0 Å². The minimum absolute atomic E-state index is 0.357. The summed E-state index contributed by atoms with van der Waals surface area (Å²) in [5.74, 6) is 0.561. The summed E-state index contributed by atoms with van der Waals surface area (Å²) in [6.45, 7) is 2.02. The van der Waals surface area contributed by atoms with Crippen LogP contribution >= 0.6 is 0 Å². The summed E-state index contributed by atoms with van der Waals surface area (Å²) in [5.41, 5.74) is 9.53. The smallest absolute Gasteiger partial charge is 0.0705 e. The van der Waals surface area contributed by atoms with Crippen LogP contribution in [0.5, 0.6) is 0 Å². The number of nitrogens with two attached hydrogens (primary N) is 1. The maximum Gasteiger partial charge on any atom is 0.0705 e. The lowest BCUT2D eigenvalue weighted by Crippen LogP contribution is -2.37. The summed E-state index contributed by atoms with van der Waals surface area (Å²) in [5, 5.41) is 1.22. The summed E-state index contributed by atoms with van der Waals surface area (Å²) in [6.07, 6.45) is 2.39. The van der Waals surface area contributed by atoms with Crippen molar-refractivity contribution in [1.82, 2.24) is 4.98 Å². The molecule has 2 N–H and O–H groups in total. The van der Waals surface area contributed by atoms with Crippen LogP contribution in [-0.4, -0.2) is 11.0 Å². The average Bonchev–Trinajstić information content (AvgIpc) is 2.27. The van der Waals surface area contributed by atoms with Crippen molar-refractivity contribution >= 4 is 10.9 Å². The van der Waals surface area contributed by atoms with Crippen molar-refractivity contribution < 1.29 is 0 Å². The normalized spacial score (nSPS) is 24.4. The second-order valence-electron chi connectivity index (χ2n) is 4.75. The second kappa shape index (κ2) is 3.56. The minimum atomic E-state index is 0.357. The van der Waals surface area contributed by atoms with E-state index in [0.29, 0.717) is 12.0 Å². The topological polar surface area (TPSA) is 38.9 Å². The molecule has 1 aliphatic carbocycles. The lowest BCUT2D eigenvalue weighted by Gasteiger charge is -2.34. The Balaban J connectivity index is 2.06. The zero-order valence-corrected chi connectivity index (χ0v) is 9.48. The van der Waals surface area contributed by atoms with E-state index in [1.165, 1.54) is 17.4 Å². The number of hydrogen-bond donors (Lipinski definition) is 1. The van der Waals surface area contributed by atoms with Gasteiger partial charge in [0.25, 0.3) is 0 Å². The molecule has 0 bridgehead atoms. The number of benzene rings is 1. The molecule has 0 aliphatic heterocycles. The van der Waals surface area contributed by atoms with E-state index in [2.05, 4.69) is 35.3 Å². The molecule has 82 valence electrons. The van der Waals surface area contributed by atoms with Crippen molar-refractivity contribution in [3.63, 3.8) is 0 Å². The number of pyridine rings is 1. The van der Waals surface area contributed by atoms with Crippen LogP contribution in [0.2, 0.25) is 0 Å². The maximum atomic E-state index is 6.01. The number of rotatable bonds is 1. The van der Waals surface area contributed by atoms with E-state index in [0.717, 1.165) is 17.6 Å². The van der Waals surface area contributed by atoms with Crippen LogP contribution in [0.3, 0.4) is 0 Å². The zero-order chi connectivity index (χ0) is 11.1. The molecule has 1 fully saturated rings. The number of hydrogen-bond acceptors (Lipinski definition) is 2. The number of aromatic nitrogens is 1. The quantitative estimate of drug-likeness (QED) is 0.789. The van der Waals surface area contributed by atoms with Gasteiger partial charge < -0.3 is 5.73 Å². The van der Waals surface area contributed by atoms with Crippen molar-refractivity contribution in [2.24, 2.45) is 5.73 Å².